The van der Waals surface area contributed by atoms with Crippen LogP contribution >= 0.6 is 0 Å². The summed E-state index contributed by atoms with van der Waals surface area (Å²) < 4.78 is 0. The van der Waals surface area contributed by atoms with Gasteiger partial charge in [-0.15, -0.1) is 0 Å². The van der Waals surface area contributed by atoms with Crippen LogP contribution in [0, 0.1) is 5.92 Å². The molecule has 1 heterocycles. The highest BCUT2D eigenvalue weighted by Crippen LogP contribution is 2.32. The molecule has 0 aliphatic carbocycles. The quantitative estimate of drug-likeness (QED) is 0.679. The number of hydrogen-bond donors (Lipinski definition) is 2. The van der Waals surface area contributed by atoms with Crippen LogP contribution in [0.2, 0.25) is 0 Å². The first-order valence-corrected chi connectivity index (χ1v) is 6.93. The van der Waals surface area contributed by atoms with Crippen molar-refractivity contribution >= 4 is 0 Å². The van der Waals surface area contributed by atoms with E-state index in [9.17, 15) is 0 Å². The van der Waals surface area contributed by atoms with E-state index in [2.05, 4.69) is 31.0 Å². The second-order valence-corrected chi connectivity index (χ2v) is 5.53. The van der Waals surface area contributed by atoms with Gasteiger partial charge in [-0.1, -0.05) is 30.9 Å². The Morgan fingerprint density at radius 2 is 2.33 bits per heavy atom. The van der Waals surface area contributed by atoms with Crippen LogP contribution in [-0.4, -0.2) is 23.8 Å². The van der Waals surface area contributed by atoms with Crippen molar-refractivity contribution in [2.45, 2.75) is 45.1 Å². The molecule has 1 rings (SSSR count). The summed E-state index contributed by atoms with van der Waals surface area (Å²) in [6.45, 7) is 9.59. The minimum atomic E-state index is 0.182. The van der Waals surface area contributed by atoms with Crippen molar-refractivity contribution in [3.05, 3.63) is 36.5 Å². The van der Waals surface area contributed by atoms with Gasteiger partial charge in [0.25, 0.3) is 0 Å². The van der Waals surface area contributed by atoms with E-state index >= 15 is 0 Å². The van der Waals surface area contributed by atoms with Crippen LogP contribution < -0.4 is 5.32 Å². The van der Waals surface area contributed by atoms with Crippen LogP contribution in [0.1, 0.15) is 39.5 Å². The fraction of sp³-hybridized carbons (Fsp3) is 0.625. The van der Waals surface area contributed by atoms with Crippen LogP contribution in [0.5, 0.6) is 0 Å². The number of hydrogen-bond acceptors (Lipinski definition) is 2. The molecule has 0 spiro atoms. The van der Waals surface area contributed by atoms with Crippen LogP contribution in [0.4, 0.5) is 0 Å². The van der Waals surface area contributed by atoms with Gasteiger partial charge in [0.05, 0.1) is 0 Å². The lowest BCUT2D eigenvalue weighted by molar-refractivity contribution is 0.271. The Morgan fingerprint density at radius 3 is 2.94 bits per heavy atom. The third-order valence-electron chi connectivity index (χ3n) is 3.69. The van der Waals surface area contributed by atoms with Gasteiger partial charge in [0.1, 0.15) is 0 Å². The largest absolute Gasteiger partial charge is 0.396 e. The lowest BCUT2D eigenvalue weighted by Crippen LogP contribution is -2.36. The molecule has 0 aromatic carbocycles. The maximum absolute atomic E-state index is 8.89. The molecular formula is C16H27NO. The Morgan fingerprint density at radius 1 is 1.56 bits per heavy atom. The molecule has 0 bridgehead atoms. The average Bonchev–Trinajstić information content (AvgIpc) is 2.74. The second kappa shape index (κ2) is 7.55. The molecule has 1 aliphatic rings. The first kappa shape index (κ1) is 15.2. The van der Waals surface area contributed by atoms with Gasteiger partial charge in [0.2, 0.25) is 0 Å². The molecule has 0 amide bonds. The average molecular weight is 249 g/mol. The Balaban J connectivity index is 2.53. The number of rotatable bonds is 7. The third-order valence-corrected chi connectivity index (χ3v) is 3.69. The Hall–Kier alpha value is -0.860. The SMILES string of the molecule is C=C/C(=C\C=C/C)CC1(C)CC(CCCO)CN1. The molecule has 0 radical (unpaired) electrons. The van der Waals surface area contributed by atoms with Crippen molar-refractivity contribution < 1.29 is 5.11 Å². The van der Waals surface area contributed by atoms with Gasteiger partial charge < -0.3 is 10.4 Å². The highest BCUT2D eigenvalue weighted by molar-refractivity contribution is 5.24. The third kappa shape index (κ3) is 4.79. The summed E-state index contributed by atoms with van der Waals surface area (Å²) in [7, 11) is 0. The summed E-state index contributed by atoms with van der Waals surface area (Å²) in [6.07, 6.45) is 12.5. The minimum Gasteiger partial charge on any atom is -0.396 e. The van der Waals surface area contributed by atoms with Crippen molar-refractivity contribution in [2.75, 3.05) is 13.2 Å². The van der Waals surface area contributed by atoms with Crippen molar-refractivity contribution in [2.24, 2.45) is 5.92 Å². The van der Waals surface area contributed by atoms with Gasteiger partial charge in [-0.2, -0.15) is 0 Å². The molecule has 0 aromatic rings. The van der Waals surface area contributed by atoms with E-state index < -0.39 is 0 Å². The van der Waals surface area contributed by atoms with E-state index in [1.807, 2.05) is 19.1 Å². The predicted octanol–water partition coefficient (Wildman–Crippen LogP) is 3.21. The molecule has 1 saturated heterocycles. The van der Waals surface area contributed by atoms with Gasteiger partial charge in [-0.25, -0.2) is 0 Å². The van der Waals surface area contributed by atoms with E-state index in [1.54, 1.807) is 0 Å². The molecule has 2 heteroatoms. The number of aliphatic hydroxyl groups is 1. The van der Waals surface area contributed by atoms with Gasteiger partial charge >= 0.3 is 0 Å². The maximum atomic E-state index is 8.89. The predicted molar refractivity (Wildman–Crippen MR) is 78.5 cm³/mol. The highest BCUT2D eigenvalue weighted by atomic mass is 16.2. The highest BCUT2D eigenvalue weighted by Gasteiger charge is 2.34. The number of aliphatic hydroxyl groups excluding tert-OH is 1. The molecule has 2 nitrogen and oxygen atoms in total. The van der Waals surface area contributed by atoms with Crippen LogP contribution in [-0.2, 0) is 0 Å². The van der Waals surface area contributed by atoms with Crippen molar-refractivity contribution in [1.82, 2.24) is 5.32 Å². The van der Waals surface area contributed by atoms with Crippen molar-refractivity contribution in [3.8, 4) is 0 Å². The minimum absolute atomic E-state index is 0.182. The Kier molecular flexibility index (Phi) is 6.37. The first-order chi connectivity index (χ1) is 8.63. The normalized spacial score (nSPS) is 29.1. The van der Waals surface area contributed by atoms with Crippen molar-refractivity contribution in [1.29, 1.82) is 0 Å². The zero-order valence-corrected chi connectivity index (χ0v) is 11.8. The lowest BCUT2D eigenvalue weighted by atomic mass is 9.86. The molecule has 0 aromatic heterocycles. The molecule has 1 fully saturated rings. The molecule has 2 unspecified atom stereocenters. The van der Waals surface area contributed by atoms with E-state index in [-0.39, 0.29) is 5.54 Å². The van der Waals surface area contributed by atoms with E-state index in [0.717, 1.165) is 25.8 Å². The summed E-state index contributed by atoms with van der Waals surface area (Å²) in [5.74, 6) is 0.704. The molecule has 18 heavy (non-hydrogen) atoms. The van der Waals surface area contributed by atoms with Crippen LogP contribution in [0.15, 0.2) is 36.5 Å². The zero-order chi connectivity index (χ0) is 13.4. The molecular weight excluding hydrogens is 222 g/mol. The number of nitrogens with one attached hydrogen (secondary N) is 1. The van der Waals surface area contributed by atoms with Gasteiger partial charge in [-0.3, -0.25) is 0 Å². The Bertz CT molecular complexity index is 319. The van der Waals surface area contributed by atoms with Crippen LogP contribution in [0.3, 0.4) is 0 Å². The van der Waals surface area contributed by atoms with Crippen LogP contribution in [0.25, 0.3) is 0 Å². The van der Waals surface area contributed by atoms with E-state index in [1.165, 1.54) is 12.0 Å². The standard InChI is InChI=1S/C16H27NO/c1-4-6-8-14(5-2)11-16(3)12-15(13-17-16)9-7-10-18/h4-6,8,15,17-18H,2,7,9-13H2,1,3H3/b6-4-,14-8+. The summed E-state index contributed by atoms with van der Waals surface area (Å²) in [6, 6.07) is 0. The van der Waals surface area contributed by atoms with E-state index in [4.69, 9.17) is 5.11 Å². The van der Waals surface area contributed by atoms with Gasteiger partial charge in [-0.05, 0) is 57.6 Å². The summed E-state index contributed by atoms with van der Waals surface area (Å²) in [5.41, 5.74) is 1.47. The first-order valence-electron chi connectivity index (χ1n) is 6.93. The summed E-state index contributed by atoms with van der Waals surface area (Å²) >= 11 is 0. The van der Waals surface area contributed by atoms with Gasteiger partial charge in [0, 0.05) is 12.1 Å². The van der Waals surface area contributed by atoms with Gasteiger partial charge in [0.15, 0.2) is 0 Å². The zero-order valence-electron chi connectivity index (χ0n) is 11.8. The number of allylic oxidation sites excluding steroid dienone is 4. The lowest BCUT2D eigenvalue weighted by Gasteiger charge is -2.25. The van der Waals surface area contributed by atoms with E-state index in [0.29, 0.717) is 12.5 Å². The smallest absolute Gasteiger partial charge is 0.0431 e. The van der Waals surface area contributed by atoms with Crippen molar-refractivity contribution in [3.63, 3.8) is 0 Å². The summed E-state index contributed by atoms with van der Waals surface area (Å²) in [5, 5.41) is 12.5. The molecule has 1 aliphatic heterocycles. The molecule has 2 N–H and O–H groups in total. The monoisotopic (exact) mass is 249 g/mol. The fourth-order valence-corrected chi connectivity index (χ4v) is 2.76. The Labute approximate surface area is 111 Å². The molecule has 102 valence electrons. The topological polar surface area (TPSA) is 32.3 Å². The molecule has 2 atom stereocenters. The summed E-state index contributed by atoms with van der Waals surface area (Å²) in [4.78, 5) is 0. The molecule has 0 saturated carbocycles. The fourth-order valence-electron chi connectivity index (χ4n) is 2.76. The second-order valence-electron chi connectivity index (χ2n) is 5.53. The maximum Gasteiger partial charge on any atom is 0.0431 e.